The Morgan fingerprint density at radius 2 is 2.17 bits per heavy atom. The summed E-state index contributed by atoms with van der Waals surface area (Å²) < 4.78 is 2.03. The molecule has 0 saturated carbocycles. The van der Waals surface area contributed by atoms with Crippen LogP contribution in [-0.2, 0) is 13.0 Å². The quantitative estimate of drug-likeness (QED) is 0.746. The number of nitrogens with zero attached hydrogens (tertiary/aromatic N) is 5. The van der Waals surface area contributed by atoms with Gasteiger partial charge in [-0.25, -0.2) is 0 Å². The van der Waals surface area contributed by atoms with E-state index in [4.69, 9.17) is 0 Å². The molecule has 0 amide bonds. The fourth-order valence-corrected chi connectivity index (χ4v) is 3.50. The van der Waals surface area contributed by atoms with Crippen LogP contribution in [0.15, 0.2) is 42.9 Å². The van der Waals surface area contributed by atoms with Gasteiger partial charge in [0.05, 0.1) is 0 Å². The topological polar surface area (TPSA) is 37.2 Å². The largest absolute Gasteiger partial charge is 0.302 e. The molecule has 5 nitrogen and oxygen atoms in total. The van der Waals surface area contributed by atoms with Crippen LogP contribution in [0.3, 0.4) is 0 Å². The Bertz CT molecular complexity index is 569. The number of aromatic nitrogens is 3. The molecule has 2 aromatic heterocycles. The molecule has 0 spiro atoms. The van der Waals surface area contributed by atoms with Crippen molar-refractivity contribution in [2.24, 2.45) is 0 Å². The molecule has 1 aliphatic rings. The van der Waals surface area contributed by atoms with Gasteiger partial charge in [-0.2, -0.15) is 5.10 Å². The minimum atomic E-state index is 0.673. The average molecular weight is 327 g/mol. The van der Waals surface area contributed by atoms with Crippen LogP contribution in [0.5, 0.6) is 0 Å². The summed E-state index contributed by atoms with van der Waals surface area (Å²) in [7, 11) is 2.26. The lowest BCUT2D eigenvalue weighted by Gasteiger charge is -2.37. The molecule has 24 heavy (non-hydrogen) atoms. The molecule has 0 unspecified atom stereocenters. The van der Waals surface area contributed by atoms with Crippen molar-refractivity contribution in [3.63, 3.8) is 0 Å². The Hall–Kier alpha value is -1.72. The first-order valence-electron chi connectivity index (χ1n) is 9.11. The Labute approximate surface area is 145 Å². The molecule has 0 aliphatic carbocycles. The lowest BCUT2D eigenvalue weighted by atomic mass is 10.0. The predicted octanol–water partition coefficient (Wildman–Crippen LogP) is 2.31. The predicted molar refractivity (Wildman–Crippen MR) is 96.9 cm³/mol. The highest BCUT2D eigenvalue weighted by Gasteiger charge is 2.22. The molecule has 130 valence electrons. The number of piperidine rings is 1. The van der Waals surface area contributed by atoms with Crippen molar-refractivity contribution in [3.05, 3.63) is 48.5 Å². The van der Waals surface area contributed by atoms with Crippen molar-refractivity contribution in [2.45, 2.75) is 38.3 Å². The van der Waals surface area contributed by atoms with Gasteiger partial charge in [0.1, 0.15) is 0 Å². The van der Waals surface area contributed by atoms with Gasteiger partial charge in [-0.15, -0.1) is 0 Å². The van der Waals surface area contributed by atoms with Gasteiger partial charge in [-0.1, -0.05) is 6.07 Å². The number of likely N-dealkylation sites (N-methyl/N-ethyl adjacent to an activating group) is 1. The Balaban J connectivity index is 1.39. The van der Waals surface area contributed by atoms with Crippen LogP contribution in [0, 0.1) is 0 Å². The van der Waals surface area contributed by atoms with Gasteiger partial charge in [-0.3, -0.25) is 9.67 Å². The van der Waals surface area contributed by atoms with Crippen molar-refractivity contribution in [1.82, 2.24) is 24.6 Å². The van der Waals surface area contributed by atoms with Crippen molar-refractivity contribution in [3.8, 4) is 0 Å². The number of rotatable bonds is 8. The third-order valence-electron chi connectivity index (χ3n) is 4.97. The van der Waals surface area contributed by atoms with E-state index in [1.807, 2.05) is 35.4 Å². The molecule has 0 bridgehead atoms. The van der Waals surface area contributed by atoms with E-state index >= 15 is 0 Å². The maximum atomic E-state index is 4.43. The molecular formula is C19H29N5. The van der Waals surface area contributed by atoms with Crippen LogP contribution in [0.2, 0.25) is 0 Å². The van der Waals surface area contributed by atoms with Crippen molar-refractivity contribution in [1.29, 1.82) is 0 Å². The van der Waals surface area contributed by atoms with E-state index in [1.165, 1.54) is 44.6 Å². The highest BCUT2D eigenvalue weighted by atomic mass is 15.3. The second-order valence-electron chi connectivity index (χ2n) is 6.77. The van der Waals surface area contributed by atoms with Gasteiger partial charge in [0.25, 0.3) is 0 Å². The van der Waals surface area contributed by atoms with Gasteiger partial charge in [0, 0.05) is 56.4 Å². The Kier molecular flexibility index (Phi) is 6.38. The zero-order valence-corrected chi connectivity index (χ0v) is 14.7. The van der Waals surface area contributed by atoms with Crippen molar-refractivity contribution < 1.29 is 0 Å². The SMILES string of the molecule is CN(CCc1ccccn1)[C@@H]1CCCN(CCCn2cccn2)C1. The monoisotopic (exact) mass is 327 g/mol. The van der Waals surface area contributed by atoms with Gasteiger partial charge in [0.15, 0.2) is 0 Å². The second kappa shape index (κ2) is 8.94. The zero-order valence-electron chi connectivity index (χ0n) is 14.7. The average Bonchev–Trinajstić information content (AvgIpc) is 3.14. The molecule has 1 saturated heterocycles. The molecule has 1 aliphatic heterocycles. The summed E-state index contributed by atoms with van der Waals surface area (Å²) in [6, 6.07) is 8.84. The first-order valence-corrected chi connectivity index (χ1v) is 9.11. The number of hydrogen-bond donors (Lipinski definition) is 0. The molecule has 3 rings (SSSR count). The lowest BCUT2D eigenvalue weighted by molar-refractivity contribution is 0.115. The summed E-state index contributed by atoms with van der Waals surface area (Å²) in [5.74, 6) is 0. The van der Waals surface area contributed by atoms with Crippen LogP contribution in [-0.4, -0.2) is 63.8 Å². The number of likely N-dealkylation sites (tertiary alicyclic amines) is 1. The third kappa shape index (κ3) is 5.14. The molecule has 0 aromatic carbocycles. The van der Waals surface area contributed by atoms with E-state index < -0.39 is 0 Å². The van der Waals surface area contributed by atoms with Gasteiger partial charge < -0.3 is 9.80 Å². The van der Waals surface area contributed by atoms with E-state index in [1.54, 1.807) is 0 Å². The second-order valence-corrected chi connectivity index (χ2v) is 6.77. The van der Waals surface area contributed by atoms with E-state index in [9.17, 15) is 0 Å². The third-order valence-corrected chi connectivity index (χ3v) is 4.97. The zero-order chi connectivity index (χ0) is 16.6. The highest BCUT2D eigenvalue weighted by Crippen LogP contribution is 2.15. The van der Waals surface area contributed by atoms with Crippen LogP contribution in [0.4, 0.5) is 0 Å². The molecule has 1 fully saturated rings. The first-order chi connectivity index (χ1) is 11.8. The van der Waals surface area contributed by atoms with Crippen LogP contribution >= 0.6 is 0 Å². The Morgan fingerprint density at radius 3 is 2.96 bits per heavy atom. The van der Waals surface area contributed by atoms with Gasteiger partial charge in [0.2, 0.25) is 0 Å². The van der Waals surface area contributed by atoms with Gasteiger partial charge >= 0.3 is 0 Å². The maximum absolute atomic E-state index is 4.43. The van der Waals surface area contributed by atoms with Gasteiger partial charge in [-0.05, 0) is 57.6 Å². The summed E-state index contributed by atoms with van der Waals surface area (Å²) in [6.45, 7) is 5.71. The molecule has 0 radical (unpaired) electrons. The highest BCUT2D eigenvalue weighted by molar-refractivity contribution is 5.03. The molecular weight excluding hydrogens is 298 g/mol. The number of aryl methyl sites for hydroxylation is 1. The Morgan fingerprint density at radius 1 is 1.21 bits per heavy atom. The van der Waals surface area contributed by atoms with E-state index in [2.05, 4.69) is 39.1 Å². The normalized spacial score (nSPS) is 19.0. The van der Waals surface area contributed by atoms with Crippen molar-refractivity contribution >= 4 is 0 Å². The summed E-state index contributed by atoms with van der Waals surface area (Å²) in [5.41, 5.74) is 1.19. The summed E-state index contributed by atoms with van der Waals surface area (Å²) >= 11 is 0. The fraction of sp³-hybridized carbons (Fsp3) is 0.579. The summed E-state index contributed by atoms with van der Waals surface area (Å²) in [5, 5.41) is 4.28. The minimum Gasteiger partial charge on any atom is -0.302 e. The standard InChI is InChI=1S/C19H29N5/c1-22(16-9-18-7-2-3-10-20-18)19-8-4-12-23(17-19)13-6-15-24-14-5-11-21-24/h2-3,5,7,10-11,14,19H,4,6,8-9,12-13,15-17H2,1H3/t19-/m1/s1. The van der Waals surface area contributed by atoms with Crippen LogP contribution in [0.25, 0.3) is 0 Å². The minimum absolute atomic E-state index is 0.673. The van der Waals surface area contributed by atoms with Crippen LogP contribution in [0.1, 0.15) is 25.0 Å². The fourth-order valence-electron chi connectivity index (χ4n) is 3.50. The van der Waals surface area contributed by atoms with E-state index in [0.29, 0.717) is 6.04 Å². The number of pyridine rings is 1. The lowest BCUT2D eigenvalue weighted by Crippen LogP contribution is -2.47. The summed E-state index contributed by atoms with van der Waals surface area (Å²) in [4.78, 5) is 9.57. The van der Waals surface area contributed by atoms with Crippen LogP contribution < -0.4 is 0 Å². The first kappa shape index (κ1) is 17.1. The van der Waals surface area contributed by atoms with Crippen molar-refractivity contribution in [2.75, 3.05) is 33.2 Å². The van der Waals surface area contributed by atoms with E-state index in [-0.39, 0.29) is 0 Å². The molecule has 0 N–H and O–H groups in total. The molecule has 3 heterocycles. The summed E-state index contributed by atoms with van der Waals surface area (Å²) in [6.07, 6.45) is 10.6. The maximum Gasteiger partial charge on any atom is 0.0489 e. The van der Waals surface area contributed by atoms with E-state index in [0.717, 1.165) is 19.5 Å². The molecule has 5 heteroatoms. The smallest absolute Gasteiger partial charge is 0.0489 e. The molecule has 2 aromatic rings. The molecule has 1 atom stereocenters. The number of hydrogen-bond acceptors (Lipinski definition) is 4.